The van der Waals surface area contributed by atoms with Crippen LogP contribution in [-0.2, 0) is 0 Å². The van der Waals surface area contributed by atoms with E-state index < -0.39 is 0 Å². The average molecular weight is 353 g/mol. The Morgan fingerprint density at radius 1 is 0.963 bits per heavy atom. The number of anilines is 2. The fourth-order valence-electron chi connectivity index (χ4n) is 3.39. The molecule has 132 valence electrons. The summed E-state index contributed by atoms with van der Waals surface area (Å²) >= 11 is 0. The van der Waals surface area contributed by atoms with E-state index in [4.69, 9.17) is 0 Å². The summed E-state index contributed by atoms with van der Waals surface area (Å²) in [4.78, 5) is 4.57. The summed E-state index contributed by atoms with van der Waals surface area (Å²) in [6, 6.07) is 23.0. The first-order chi connectivity index (χ1) is 13.3. The summed E-state index contributed by atoms with van der Waals surface area (Å²) in [5, 5.41) is 13.8. The number of fused-ring (bicyclic) bond motifs is 2. The summed E-state index contributed by atoms with van der Waals surface area (Å²) in [5.74, 6) is 0.937. The number of benzene rings is 3. The van der Waals surface area contributed by atoms with Gasteiger partial charge < -0.3 is 10.6 Å². The third-order valence-electron chi connectivity index (χ3n) is 4.85. The third kappa shape index (κ3) is 2.83. The van der Waals surface area contributed by atoms with Crippen molar-refractivity contribution < 1.29 is 0 Å². The summed E-state index contributed by atoms with van der Waals surface area (Å²) in [6.07, 6.45) is 3.42. The van der Waals surface area contributed by atoms with Gasteiger partial charge in [0.15, 0.2) is 6.17 Å². The Hall–Kier alpha value is -3.60. The van der Waals surface area contributed by atoms with Crippen molar-refractivity contribution in [2.75, 3.05) is 10.6 Å². The van der Waals surface area contributed by atoms with Crippen LogP contribution in [0, 0.1) is 6.92 Å². The fraction of sp³-hybridized carbons (Fsp3) is 0.0909. The number of hydrogen-bond donors (Lipinski definition) is 2. The Balaban J connectivity index is 1.47. The minimum atomic E-state index is -0.179. The van der Waals surface area contributed by atoms with Gasteiger partial charge in [0.05, 0.1) is 23.8 Å². The predicted molar refractivity (Wildman–Crippen MR) is 111 cm³/mol. The van der Waals surface area contributed by atoms with Crippen LogP contribution in [0.5, 0.6) is 0 Å². The maximum Gasteiger partial charge on any atom is 0.151 e. The molecule has 0 aliphatic carbocycles. The quantitative estimate of drug-likeness (QED) is 0.551. The lowest BCUT2D eigenvalue weighted by Gasteiger charge is -2.21. The molecule has 27 heavy (non-hydrogen) atoms. The highest BCUT2D eigenvalue weighted by Gasteiger charge is 2.22. The van der Waals surface area contributed by atoms with E-state index in [9.17, 15) is 0 Å². The van der Waals surface area contributed by atoms with E-state index in [-0.39, 0.29) is 6.17 Å². The zero-order valence-corrected chi connectivity index (χ0v) is 14.9. The predicted octanol–water partition coefficient (Wildman–Crippen LogP) is 4.90. The van der Waals surface area contributed by atoms with Gasteiger partial charge in [-0.3, -0.25) is 0 Å². The second-order valence-corrected chi connectivity index (χ2v) is 6.73. The zero-order valence-electron chi connectivity index (χ0n) is 14.9. The molecule has 2 heterocycles. The Kier molecular flexibility index (Phi) is 3.64. The lowest BCUT2D eigenvalue weighted by molar-refractivity contribution is 0.832. The van der Waals surface area contributed by atoms with Crippen molar-refractivity contribution in [2.24, 2.45) is 4.99 Å². The molecule has 3 aromatic carbocycles. The molecule has 1 aromatic heterocycles. The van der Waals surface area contributed by atoms with Crippen molar-refractivity contribution in [1.29, 1.82) is 0 Å². The number of aryl methyl sites for hydroxylation is 1. The van der Waals surface area contributed by atoms with Crippen LogP contribution in [0.1, 0.15) is 17.3 Å². The molecule has 0 saturated carbocycles. The third-order valence-corrected chi connectivity index (χ3v) is 4.85. The Labute approximate surface area is 157 Å². The molecular weight excluding hydrogens is 334 g/mol. The molecule has 1 atom stereocenters. The van der Waals surface area contributed by atoms with E-state index in [1.807, 2.05) is 10.9 Å². The van der Waals surface area contributed by atoms with Crippen molar-refractivity contribution >= 4 is 28.6 Å². The van der Waals surface area contributed by atoms with Gasteiger partial charge in [0.1, 0.15) is 5.82 Å². The summed E-state index contributed by atoms with van der Waals surface area (Å²) in [7, 11) is 0. The van der Waals surface area contributed by atoms with Gasteiger partial charge in [0.2, 0.25) is 0 Å². The standard InChI is InChI=1S/C22H19N5/c1-15-6-10-19(11-7-15)27-22-20(13-25-27)21(23-14-24-22)26-18-9-8-16-4-2-3-5-17(16)12-18/h2-14,21,26H,1H3,(H,23,24)/t21-/m0/s1. The molecule has 0 amide bonds. The molecule has 5 nitrogen and oxygen atoms in total. The van der Waals surface area contributed by atoms with Gasteiger partial charge in [-0.05, 0) is 42.0 Å². The molecule has 0 bridgehead atoms. The van der Waals surface area contributed by atoms with Crippen molar-refractivity contribution in [3.05, 3.63) is 84.1 Å². The van der Waals surface area contributed by atoms with Gasteiger partial charge in [-0.1, -0.05) is 48.0 Å². The first-order valence-corrected chi connectivity index (χ1v) is 8.96. The first kappa shape index (κ1) is 15.6. The molecule has 2 N–H and O–H groups in total. The highest BCUT2D eigenvalue weighted by Crippen LogP contribution is 2.32. The van der Waals surface area contributed by atoms with Crippen molar-refractivity contribution in [2.45, 2.75) is 13.1 Å². The van der Waals surface area contributed by atoms with Crippen LogP contribution >= 0.6 is 0 Å². The largest absolute Gasteiger partial charge is 0.360 e. The van der Waals surface area contributed by atoms with E-state index in [2.05, 4.69) is 94.4 Å². The zero-order chi connectivity index (χ0) is 18.2. The molecule has 0 fully saturated rings. The monoisotopic (exact) mass is 353 g/mol. The average Bonchev–Trinajstić information content (AvgIpc) is 3.14. The Bertz CT molecular complexity index is 1140. The molecule has 1 aliphatic heterocycles. The smallest absolute Gasteiger partial charge is 0.151 e. The van der Waals surface area contributed by atoms with Gasteiger partial charge in [-0.15, -0.1) is 0 Å². The second-order valence-electron chi connectivity index (χ2n) is 6.73. The van der Waals surface area contributed by atoms with Gasteiger partial charge in [0.25, 0.3) is 0 Å². The molecule has 5 heteroatoms. The molecular formula is C22H19N5. The normalized spacial score (nSPS) is 15.4. The number of nitrogens with zero attached hydrogens (tertiary/aromatic N) is 3. The number of hydrogen-bond acceptors (Lipinski definition) is 4. The molecule has 0 spiro atoms. The van der Waals surface area contributed by atoms with Crippen LogP contribution in [-0.4, -0.2) is 16.1 Å². The summed E-state index contributed by atoms with van der Waals surface area (Å²) in [6.45, 7) is 2.08. The Morgan fingerprint density at radius 2 is 1.78 bits per heavy atom. The van der Waals surface area contributed by atoms with E-state index in [0.717, 1.165) is 22.8 Å². The van der Waals surface area contributed by atoms with Gasteiger partial charge in [-0.2, -0.15) is 5.10 Å². The lowest BCUT2D eigenvalue weighted by atomic mass is 10.1. The lowest BCUT2D eigenvalue weighted by Crippen LogP contribution is -2.17. The Morgan fingerprint density at radius 3 is 2.63 bits per heavy atom. The number of nitrogens with one attached hydrogen (secondary N) is 2. The van der Waals surface area contributed by atoms with Gasteiger partial charge in [0, 0.05) is 5.69 Å². The fourth-order valence-corrected chi connectivity index (χ4v) is 3.39. The highest BCUT2D eigenvalue weighted by molar-refractivity contribution is 5.86. The van der Waals surface area contributed by atoms with Crippen molar-refractivity contribution in [3.8, 4) is 5.69 Å². The molecule has 0 saturated heterocycles. The molecule has 4 aromatic rings. The molecule has 1 aliphatic rings. The molecule has 5 rings (SSSR count). The summed E-state index contributed by atoms with van der Waals surface area (Å²) in [5.41, 5.74) is 4.30. The van der Waals surface area contributed by atoms with Crippen molar-refractivity contribution in [1.82, 2.24) is 9.78 Å². The SMILES string of the molecule is Cc1ccc(-n2ncc3c2NC=N[C@H]3Nc2ccc3ccccc3c2)cc1. The minimum absolute atomic E-state index is 0.179. The first-order valence-electron chi connectivity index (χ1n) is 8.96. The van der Waals surface area contributed by atoms with Gasteiger partial charge >= 0.3 is 0 Å². The van der Waals surface area contributed by atoms with Crippen LogP contribution in [0.4, 0.5) is 11.5 Å². The topological polar surface area (TPSA) is 54.2 Å². The van der Waals surface area contributed by atoms with E-state index >= 15 is 0 Å². The van der Waals surface area contributed by atoms with E-state index in [1.54, 1.807) is 6.34 Å². The van der Waals surface area contributed by atoms with Crippen LogP contribution in [0.15, 0.2) is 77.9 Å². The van der Waals surface area contributed by atoms with Crippen molar-refractivity contribution in [3.63, 3.8) is 0 Å². The molecule has 0 unspecified atom stereocenters. The van der Waals surface area contributed by atoms with Crippen LogP contribution in [0.25, 0.3) is 16.5 Å². The number of aromatic nitrogens is 2. The van der Waals surface area contributed by atoms with Gasteiger partial charge in [-0.25, -0.2) is 9.67 Å². The second kappa shape index (κ2) is 6.29. The van der Waals surface area contributed by atoms with Crippen LogP contribution in [0.2, 0.25) is 0 Å². The van der Waals surface area contributed by atoms with E-state index in [0.29, 0.717) is 0 Å². The van der Waals surface area contributed by atoms with E-state index in [1.165, 1.54) is 16.3 Å². The number of rotatable bonds is 3. The maximum atomic E-state index is 4.57. The number of aliphatic imine (C=N–C) groups is 1. The summed E-state index contributed by atoms with van der Waals surface area (Å²) < 4.78 is 1.91. The minimum Gasteiger partial charge on any atom is -0.360 e. The highest BCUT2D eigenvalue weighted by atomic mass is 15.3. The molecule has 0 radical (unpaired) electrons. The van der Waals surface area contributed by atoms with Crippen LogP contribution < -0.4 is 10.6 Å². The van der Waals surface area contributed by atoms with Crippen LogP contribution in [0.3, 0.4) is 0 Å². The maximum absolute atomic E-state index is 4.57.